The van der Waals surface area contributed by atoms with Gasteiger partial charge in [-0.1, -0.05) is 31.0 Å². The van der Waals surface area contributed by atoms with Crippen LogP contribution in [-0.4, -0.2) is 30.8 Å². The molecule has 12 heteroatoms. The van der Waals surface area contributed by atoms with Crippen LogP contribution in [0.2, 0.25) is 5.02 Å². The largest absolute Gasteiger partial charge is 0.511 e. The lowest BCUT2D eigenvalue weighted by Crippen LogP contribution is -2.45. The summed E-state index contributed by atoms with van der Waals surface area (Å²) in [6.07, 6.45) is -3.55. The van der Waals surface area contributed by atoms with E-state index in [-0.39, 0.29) is 15.6 Å². The zero-order chi connectivity index (χ0) is 23.1. The number of sulfonamides is 1. The molecule has 0 aromatic heterocycles. The summed E-state index contributed by atoms with van der Waals surface area (Å²) >= 11 is 5.84. The predicted molar refractivity (Wildman–Crippen MR) is 103 cm³/mol. The Morgan fingerprint density at radius 2 is 1.70 bits per heavy atom. The Bertz CT molecular complexity index is 941. The van der Waals surface area contributed by atoms with Crippen LogP contribution in [0.15, 0.2) is 23.3 Å². The van der Waals surface area contributed by atoms with Gasteiger partial charge >= 0.3 is 21.7 Å². The summed E-state index contributed by atoms with van der Waals surface area (Å²) in [6.45, 7) is 4.28. The highest BCUT2D eigenvalue weighted by molar-refractivity contribution is 7.89. The van der Waals surface area contributed by atoms with Crippen molar-refractivity contribution >= 4 is 27.3 Å². The molecule has 1 atom stereocenters. The van der Waals surface area contributed by atoms with Crippen LogP contribution >= 0.6 is 11.6 Å². The number of alkyl halides is 6. The summed E-state index contributed by atoms with van der Waals surface area (Å²) in [5.74, 6) is 0. The van der Waals surface area contributed by atoms with Crippen molar-refractivity contribution in [3.05, 3.63) is 39.4 Å². The smallest absolute Gasteiger partial charge is 0.377 e. The highest BCUT2D eigenvalue weighted by Crippen LogP contribution is 2.43. The number of nitrogens with one attached hydrogen (secondary N) is 1. The predicted octanol–water partition coefficient (Wildman–Crippen LogP) is 5.94. The molecule has 0 saturated heterocycles. The molecule has 1 unspecified atom stereocenters. The third-order valence-electron chi connectivity index (χ3n) is 4.97. The van der Waals surface area contributed by atoms with Crippen LogP contribution in [0.5, 0.6) is 0 Å². The van der Waals surface area contributed by atoms with Crippen LogP contribution in [0.4, 0.5) is 32.0 Å². The third kappa shape index (κ3) is 4.57. The molecule has 1 aromatic carbocycles. The van der Waals surface area contributed by atoms with Crippen LogP contribution in [0.1, 0.15) is 44.7 Å². The van der Waals surface area contributed by atoms with Gasteiger partial charge in [0.15, 0.2) is 0 Å². The molecule has 0 fully saturated rings. The number of nitrogens with zero attached hydrogens (tertiary/aromatic N) is 1. The van der Waals surface area contributed by atoms with Gasteiger partial charge in [-0.25, -0.2) is 8.42 Å². The van der Waals surface area contributed by atoms with Crippen LogP contribution < -0.4 is 5.32 Å². The topological polar surface area (TPSA) is 49.4 Å². The van der Waals surface area contributed by atoms with Gasteiger partial charge in [0.25, 0.3) is 0 Å². The first kappa shape index (κ1) is 24.8. The first-order valence-electron chi connectivity index (χ1n) is 9.13. The number of rotatable bonds is 2. The lowest BCUT2D eigenvalue weighted by atomic mass is 9.84. The number of allylic oxidation sites excluding steroid dienone is 1. The summed E-state index contributed by atoms with van der Waals surface area (Å²) < 4.78 is 103. The minimum atomic E-state index is -5.77. The van der Waals surface area contributed by atoms with Gasteiger partial charge in [0.1, 0.15) is 0 Å². The van der Waals surface area contributed by atoms with Gasteiger partial charge in [0.2, 0.25) is 0 Å². The molecule has 0 radical (unpaired) electrons. The molecule has 0 amide bonds. The second kappa shape index (κ2) is 8.58. The van der Waals surface area contributed by atoms with Crippen LogP contribution in [0, 0.1) is 0 Å². The fourth-order valence-corrected chi connectivity index (χ4v) is 4.59. The number of hydrogen-bond acceptors (Lipinski definition) is 3. The molecular formula is C18H21ClF6N2O2S. The van der Waals surface area contributed by atoms with Crippen LogP contribution in [0.25, 0.3) is 0 Å². The van der Waals surface area contributed by atoms with Gasteiger partial charge in [-0.3, -0.25) is 0 Å². The normalized spacial score (nSPS) is 20.4. The minimum absolute atomic E-state index is 0.0788. The SMILES string of the molecule is CC.CC1=C(C2CN(S(=O)(=O)C(F)(F)F)Cc3c(ccc(C(F)(F)F)c3Cl)N2)CC1. The molecule has 30 heavy (non-hydrogen) atoms. The molecule has 170 valence electrons. The van der Waals surface area contributed by atoms with Crippen molar-refractivity contribution in [2.75, 3.05) is 11.9 Å². The third-order valence-corrected chi connectivity index (χ3v) is 6.94. The number of anilines is 1. The van der Waals surface area contributed by atoms with Crippen molar-refractivity contribution in [3.8, 4) is 0 Å². The van der Waals surface area contributed by atoms with E-state index in [2.05, 4.69) is 5.32 Å². The Morgan fingerprint density at radius 1 is 1.10 bits per heavy atom. The number of fused-ring (bicyclic) bond motifs is 1. The van der Waals surface area contributed by atoms with E-state index in [1.807, 2.05) is 13.8 Å². The lowest BCUT2D eigenvalue weighted by molar-refractivity contribution is -0.137. The van der Waals surface area contributed by atoms with Crippen molar-refractivity contribution in [2.45, 2.75) is 57.9 Å². The standard InChI is InChI=1S/C16H15ClF6N2O2S.C2H6/c1-8-2-3-9(8)13-7-25(28(26,27)16(21,22)23)6-10-12(24-13)5-4-11(14(10)17)15(18,19)20;1-2/h4-5,13,24H,2-3,6-7H2,1H3;1-2H3. The van der Waals surface area contributed by atoms with Gasteiger partial charge in [-0.05, 0) is 37.5 Å². The average Bonchev–Trinajstić information content (AvgIpc) is 2.81. The molecule has 3 rings (SSSR count). The van der Waals surface area contributed by atoms with E-state index in [4.69, 9.17) is 11.6 Å². The molecule has 1 aromatic rings. The maximum atomic E-state index is 13.1. The van der Waals surface area contributed by atoms with E-state index in [9.17, 15) is 34.8 Å². The van der Waals surface area contributed by atoms with Crippen LogP contribution in [-0.2, 0) is 22.7 Å². The zero-order valence-corrected chi connectivity index (χ0v) is 18.0. The summed E-state index contributed by atoms with van der Waals surface area (Å²) in [5, 5.41) is 2.06. The van der Waals surface area contributed by atoms with E-state index in [0.29, 0.717) is 6.42 Å². The van der Waals surface area contributed by atoms with Crippen LogP contribution in [0.3, 0.4) is 0 Å². The number of hydrogen-bond donors (Lipinski definition) is 1. The Labute approximate surface area is 175 Å². The number of benzene rings is 1. The summed E-state index contributed by atoms with van der Waals surface area (Å²) in [5.41, 5.74) is -5.44. The molecule has 2 aliphatic rings. The average molecular weight is 479 g/mol. The molecule has 1 aliphatic carbocycles. The maximum Gasteiger partial charge on any atom is 0.511 e. The molecule has 4 nitrogen and oxygen atoms in total. The van der Waals surface area contributed by atoms with Gasteiger partial charge in [-0.15, -0.1) is 0 Å². The Hall–Kier alpha value is -1.46. The molecule has 1 aliphatic heterocycles. The Kier molecular flexibility index (Phi) is 7.10. The van der Waals surface area contributed by atoms with E-state index in [0.717, 1.165) is 29.7 Å². The van der Waals surface area contributed by atoms with Crippen molar-refractivity contribution in [1.82, 2.24) is 4.31 Å². The van der Waals surface area contributed by atoms with Gasteiger partial charge < -0.3 is 5.32 Å². The molecule has 0 bridgehead atoms. The molecule has 1 N–H and O–H groups in total. The second-order valence-electron chi connectivity index (χ2n) is 6.70. The van der Waals surface area contributed by atoms with Gasteiger partial charge in [-0.2, -0.15) is 30.6 Å². The minimum Gasteiger partial charge on any atom is -0.377 e. The second-order valence-corrected chi connectivity index (χ2v) is 9.00. The van der Waals surface area contributed by atoms with Crippen molar-refractivity contribution in [1.29, 1.82) is 0 Å². The highest BCUT2D eigenvalue weighted by Gasteiger charge is 2.51. The van der Waals surface area contributed by atoms with Gasteiger partial charge in [0.05, 0.1) is 16.6 Å². The van der Waals surface area contributed by atoms with Crippen molar-refractivity contribution in [3.63, 3.8) is 0 Å². The molecular weight excluding hydrogens is 458 g/mol. The summed E-state index contributed by atoms with van der Waals surface area (Å²) in [4.78, 5) is 0. The summed E-state index contributed by atoms with van der Waals surface area (Å²) in [7, 11) is -5.77. The summed E-state index contributed by atoms with van der Waals surface area (Å²) in [6, 6.07) is 0.996. The quantitative estimate of drug-likeness (QED) is 0.422. The maximum absolute atomic E-state index is 13.1. The Balaban J connectivity index is 0.00000155. The van der Waals surface area contributed by atoms with E-state index < -0.39 is 51.4 Å². The van der Waals surface area contributed by atoms with E-state index in [1.165, 1.54) is 0 Å². The fraction of sp³-hybridized carbons (Fsp3) is 0.556. The number of halogens is 7. The zero-order valence-electron chi connectivity index (χ0n) is 16.4. The molecule has 0 spiro atoms. The highest BCUT2D eigenvalue weighted by atomic mass is 35.5. The van der Waals surface area contributed by atoms with Crippen molar-refractivity contribution < 1.29 is 34.8 Å². The van der Waals surface area contributed by atoms with E-state index in [1.54, 1.807) is 6.92 Å². The first-order valence-corrected chi connectivity index (χ1v) is 11.0. The molecule has 0 saturated carbocycles. The van der Waals surface area contributed by atoms with Crippen molar-refractivity contribution in [2.24, 2.45) is 0 Å². The Morgan fingerprint density at radius 3 is 2.13 bits per heavy atom. The molecule has 1 heterocycles. The van der Waals surface area contributed by atoms with E-state index >= 15 is 0 Å². The lowest BCUT2D eigenvalue weighted by Gasteiger charge is -2.32. The fourth-order valence-electron chi connectivity index (χ4n) is 3.33. The monoisotopic (exact) mass is 478 g/mol. The van der Waals surface area contributed by atoms with Gasteiger partial charge in [0, 0.05) is 24.3 Å². The first-order chi connectivity index (χ1) is 13.7.